The van der Waals surface area contributed by atoms with Gasteiger partial charge in [0.15, 0.2) is 0 Å². The zero-order chi connectivity index (χ0) is 23.8. The highest BCUT2D eigenvalue weighted by atomic mass is 32.2. The van der Waals surface area contributed by atoms with E-state index in [1.807, 2.05) is 12.1 Å². The fraction of sp³-hybridized carbons (Fsp3) is 0.480. The largest absolute Gasteiger partial charge is 0.354 e. The van der Waals surface area contributed by atoms with Crippen LogP contribution in [0.5, 0.6) is 0 Å². The number of likely N-dealkylation sites (N-methyl/N-ethyl adjacent to an activating group) is 1. The summed E-state index contributed by atoms with van der Waals surface area (Å²) in [6.07, 6.45) is 0.837. The number of hydrogen-bond acceptors (Lipinski definition) is 5. The number of amides is 1. The van der Waals surface area contributed by atoms with Gasteiger partial charge in [-0.2, -0.15) is 0 Å². The van der Waals surface area contributed by atoms with E-state index in [4.69, 9.17) is 0 Å². The molecule has 8 heteroatoms. The predicted octanol–water partition coefficient (Wildman–Crippen LogP) is 2.76. The fourth-order valence-corrected chi connectivity index (χ4v) is 5.29. The molecule has 180 valence electrons. The average molecular weight is 473 g/mol. The highest BCUT2D eigenvalue weighted by Crippen LogP contribution is 2.25. The zero-order valence-electron chi connectivity index (χ0n) is 19.9. The minimum Gasteiger partial charge on any atom is -0.354 e. The SMILES string of the molecule is CC(C)c1ccc(N(CC(=O)NCCCN2CCN(C)CC2)S(=O)(=O)c2ccccc2)cc1. The molecule has 1 heterocycles. The van der Waals surface area contributed by atoms with Gasteiger partial charge in [-0.1, -0.05) is 44.2 Å². The topological polar surface area (TPSA) is 73.0 Å². The van der Waals surface area contributed by atoms with Crippen molar-refractivity contribution in [3.63, 3.8) is 0 Å². The van der Waals surface area contributed by atoms with Crippen molar-refractivity contribution in [1.82, 2.24) is 15.1 Å². The third-order valence-electron chi connectivity index (χ3n) is 6.04. The van der Waals surface area contributed by atoms with Crippen LogP contribution in [-0.2, 0) is 14.8 Å². The number of rotatable bonds is 10. The number of nitrogens with one attached hydrogen (secondary N) is 1. The lowest BCUT2D eigenvalue weighted by molar-refractivity contribution is -0.119. The molecular weight excluding hydrogens is 436 g/mol. The van der Waals surface area contributed by atoms with Gasteiger partial charge >= 0.3 is 0 Å². The number of benzene rings is 2. The second kappa shape index (κ2) is 11.6. The van der Waals surface area contributed by atoms with Crippen molar-refractivity contribution in [3.05, 3.63) is 60.2 Å². The average Bonchev–Trinajstić information content (AvgIpc) is 2.82. The first-order chi connectivity index (χ1) is 15.8. The maximum absolute atomic E-state index is 13.4. The van der Waals surface area contributed by atoms with E-state index in [0.717, 1.165) is 44.7 Å². The highest BCUT2D eigenvalue weighted by Gasteiger charge is 2.27. The molecule has 1 aliphatic rings. The van der Waals surface area contributed by atoms with Crippen LogP contribution < -0.4 is 9.62 Å². The van der Waals surface area contributed by atoms with Gasteiger partial charge < -0.3 is 15.1 Å². The van der Waals surface area contributed by atoms with Crippen molar-refractivity contribution in [1.29, 1.82) is 0 Å². The Balaban J connectivity index is 1.65. The lowest BCUT2D eigenvalue weighted by Crippen LogP contribution is -2.45. The first-order valence-electron chi connectivity index (χ1n) is 11.6. The van der Waals surface area contributed by atoms with Crippen LogP contribution in [0.25, 0.3) is 0 Å². The van der Waals surface area contributed by atoms with Crippen LogP contribution in [0.4, 0.5) is 5.69 Å². The van der Waals surface area contributed by atoms with Gasteiger partial charge in [0.05, 0.1) is 10.6 Å². The van der Waals surface area contributed by atoms with E-state index in [1.165, 1.54) is 4.31 Å². The summed E-state index contributed by atoms with van der Waals surface area (Å²) in [6.45, 7) is 9.58. The normalized spacial score (nSPS) is 15.5. The van der Waals surface area contributed by atoms with E-state index < -0.39 is 10.0 Å². The molecule has 3 rings (SSSR count). The second-order valence-electron chi connectivity index (χ2n) is 8.92. The molecule has 7 nitrogen and oxygen atoms in total. The standard InChI is InChI=1S/C25H36N4O3S/c1-21(2)22-10-12-23(13-11-22)29(33(31,32)24-8-5-4-6-9-24)20-25(30)26-14-7-15-28-18-16-27(3)17-19-28/h4-6,8-13,21H,7,14-20H2,1-3H3,(H,26,30). The second-order valence-corrected chi connectivity index (χ2v) is 10.8. The van der Waals surface area contributed by atoms with E-state index >= 15 is 0 Å². The number of anilines is 1. The Morgan fingerprint density at radius 3 is 2.24 bits per heavy atom. The molecule has 0 atom stereocenters. The van der Waals surface area contributed by atoms with E-state index in [2.05, 4.69) is 36.0 Å². The molecule has 0 unspecified atom stereocenters. The molecule has 0 bridgehead atoms. The number of nitrogens with zero attached hydrogens (tertiary/aromatic N) is 3. The van der Waals surface area contributed by atoms with Gasteiger partial charge in [0.2, 0.25) is 5.91 Å². The van der Waals surface area contributed by atoms with Crippen LogP contribution in [-0.4, -0.2) is 77.0 Å². The van der Waals surface area contributed by atoms with Gasteiger partial charge in [0, 0.05) is 32.7 Å². The molecule has 1 fully saturated rings. The summed E-state index contributed by atoms with van der Waals surface area (Å²) in [6, 6.07) is 15.6. The van der Waals surface area contributed by atoms with Crippen LogP contribution in [0.2, 0.25) is 0 Å². The number of carbonyl (C=O) groups excluding carboxylic acids is 1. The highest BCUT2D eigenvalue weighted by molar-refractivity contribution is 7.92. The number of sulfonamides is 1. The summed E-state index contributed by atoms with van der Waals surface area (Å²) in [5.74, 6) is 0.0302. The zero-order valence-corrected chi connectivity index (χ0v) is 20.7. The summed E-state index contributed by atoms with van der Waals surface area (Å²) in [7, 11) is -1.75. The molecule has 33 heavy (non-hydrogen) atoms. The number of piperazine rings is 1. The van der Waals surface area contributed by atoms with E-state index in [-0.39, 0.29) is 17.3 Å². The first-order valence-corrected chi connectivity index (χ1v) is 13.1. The van der Waals surface area contributed by atoms with Crippen molar-refractivity contribution in [3.8, 4) is 0 Å². The summed E-state index contributed by atoms with van der Waals surface area (Å²) >= 11 is 0. The van der Waals surface area contributed by atoms with Crippen LogP contribution in [0, 0.1) is 0 Å². The Morgan fingerprint density at radius 1 is 1.00 bits per heavy atom. The molecule has 0 radical (unpaired) electrons. The van der Waals surface area contributed by atoms with Crippen molar-refractivity contribution in [2.45, 2.75) is 31.1 Å². The van der Waals surface area contributed by atoms with Gasteiger partial charge in [-0.05, 0) is 55.8 Å². The Bertz CT molecular complexity index is 986. The smallest absolute Gasteiger partial charge is 0.264 e. The molecule has 2 aromatic rings. The van der Waals surface area contributed by atoms with Crippen LogP contribution in [0.3, 0.4) is 0 Å². The molecule has 1 saturated heterocycles. The third kappa shape index (κ3) is 7.03. The summed E-state index contributed by atoms with van der Waals surface area (Å²) in [4.78, 5) is 17.6. The van der Waals surface area contributed by atoms with Gasteiger partial charge in [-0.3, -0.25) is 9.10 Å². The van der Waals surface area contributed by atoms with Gasteiger partial charge in [-0.15, -0.1) is 0 Å². The van der Waals surface area contributed by atoms with Gasteiger partial charge in [0.1, 0.15) is 6.54 Å². The molecule has 0 spiro atoms. The molecule has 0 aromatic heterocycles. The van der Waals surface area contributed by atoms with Crippen molar-refractivity contribution >= 4 is 21.6 Å². The molecule has 0 aliphatic carbocycles. The first kappa shape index (κ1) is 25.2. The van der Waals surface area contributed by atoms with Crippen LogP contribution >= 0.6 is 0 Å². The van der Waals surface area contributed by atoms with Crippen LogP contribution in [0.1, 0.15) is 31.7 Å². The summed E-state index contributed by atoms with van der Waals surface area (Å²) < 4.78 is 28.0. The molecule has 1 N–H and O–H groups in total. The number of hydrogen-bond donors (Lipinski definition) is 1. The third-order valence-corrected chi connectivity index (χ3v) is 7.82. The molecule has 2 aromatic carbocycles. The van der Waals surface area contributed by atoms with Gasteiger partial charge in [-0.25, -0.2) is 8.42 Å². The maximum Gasteiger partial charge on any atom is 0.264 e. The Labute approximate surface area is 198 Å². The fourth-order valence-electron chi connectivity index (χ4n) is 3.85. The van der Waals surface area contributed by atoms with Crippen molar-refractivity contribution in [2.75, 3.05) is 57.2 Å². The minimum atomic E-state index is -3.88. The maximum atomic E-state index is 13.4. The molecule has 0 saturated carbocycles. The Hall–Kier alpha value is -2.42. The molecular formula is C25H36N4O3S. The molecule has 1 aliphatic heterocycles. The summed E-state index contributed by atoms with van der Waals surface area (Å²) in [5, 5.41) is 2.90. The minimum absolute atomic E-state index is 0.167. The monoisotopic (exact) mass is 472 g/mol. The van der Waals surface area contributed by atoms with Gasteiger partial charge in [0.25, 0.3) is 10.0 Å². The van der Waals surface area contributed by atoms with E-state index in [1.54, 1.807) is 42.5 Å². The number of carbonyl (C=O) groups is 1. The Morgan fingerprint density at radius 2 is 1.64 bits per heavy atom. The summed E-state index contributed by atoms with van der Waals surface area (Å²) in [5.41, 5.74) is 1.60. The predicted molar refractivity (Wildman–Crippen MR) is 133 cm³/mol. The van der Waals surface area contributed by atoms with Crippen molar-refractivity contribution in [2.24, 2.45) is 0 Å². The quantitative estimate of drug-likeness (QED) is 0.539. The van der Waals surface area contributed by atoms with Crippen molar-refractivity contribution < 1.29 is 13.2 Å². The lowest BCUT2D eigenvalue weighted by Gasteiger charge is -2.32. The van der Waals surface area contributed by atoms with E-state index in [0.29, 0.717) is 18.2 Å². The Kier molecular flexibility index (Phi) is 8.88. The molecule has 1 amide bonds. The van der Waals surface area contributed by atoms with E-state index in [9.17, 15) is 13.2 Å². The van der Waals surface area contributed by atoms with Crippen LogP contribution in [0.15, 0.2) is 59.5 Å². The lowest BCUT2D eigenvalue weighted by atomic mass is 10.0.